The summed E-state index contributed by atoms with van der Waals surface area (Å²) >= 11 is 0. The molecule has 0 aromatic heterocycles. The van der Waals surface area contributed by atoms with Crippen molar-refractivity contribution in [1.29, 1.82) is 0 Å². The van der Waals surface area contributed by atoms with Crippen LogP contribution in [0.4, 0.5) is 0 Å². The highest BCUT2D eigenvalue weighted by atomic mass is 31.1. The molecule has 0 nitrogen and oxygen atoms in total. The van der Waals surface area contributed by atoms with Crippen LogP contribution in [0.1, 0.15) is 249 Å². The Hall–Kier alpha value is 0.0800. The Labute approximate surface area is 399 Å². The topological polar surface area (TPSA) is 0 Å². The van der Waals surface area contributed by atoms with E-state index in [0.717, 1.165) is 35.5 Å². The van der Waals surface area contributed by atoms with Gasteiger partial charge < -0.3 is 0 Å². The fraction of sp³-hybridized carbons (Fsp3) is 0.903. The van der Waals surface area contributed by atoms with Gasteiger partial charge in [0.25, 0.3) is 0 Å². The number of rotatable bonds is 4. The second-order valence-corrected chi connectivity index (χ2v) is 37.9. The van der Waals surface area contributed by atoms with E-state index in [-0.39, 0.29) is 15.8 Å². The molecule has 16 unspecified atom stereocenters. The molecule has 10 aliphatic rings. The Morgan fingerprint density at radius 3 is 1.11 bits per heavy atom. The minimum atomic E-state index is -0.159. The molecule has 0 amide bonds. The van der Waals surface area contributed by atoms with Crippen LogP contribution >= 0.6 is 15.8 Å². The fourth-order valence-electron chi connectivity index (χ4n) is 22.6. The van der Waals surface area contributed by atoms with E-state index in [1.807, 2.05) is 11.1 Å². The third-order valence-electron chi connectivity index (χ3n) is 25.5. The van der Waals surface area contributed by atoms with Crippen LogP contribution in [0.5, 0.6) is 0 Å². The van der Waals surface area contributed by atoms with Gasteiger partial charge in [-0.2, -0.15) is 0 Å². The van der Waals surface area contributed by atoms with Gasteiger partial charge in [-0.1, -0.05) is 188 Å². The minimum absolute atomic E-state index is 0.159. The quantitative estimate of drug-likeness (QED) is 0.264. The Bertz CT molecular complexity index is 1840. The highest BCUT2D eigenvalue weighted by Gasteiger charge is 2.78. The van der Waals surface area contributed by atoms with Gasteiger partial charge in [0, 0.05) is 0 Å². The lowest BCUT2D eigenvalue weighted by Gasteiger charge is -2.80. The molecule has 2 saturated heterocycles. The van der Waals surface area contributed by atoms with Crippen LogP contribution < -0.4 is 0 Å². The van der Waals surface area contributed by atoms with Crippen molar-refractivity contribution < 1.29 is 0 Å². The van der Waals surface area contributed by atoms with E-state index in [4.69, 9.17) is 0 Å². The lowest BCUT2D eigenvalue weighted by atomic mass is 9.42. The summed E-state index contributed by atoms with van der Waals surface area (Å²) in [6.07, 6.45) is 36.6. The number of benzene rings is 1. The average Bonchev–Trinajstić information content (AvgIpc) is 3.17. The number of fused-ring (bicyclic) bond motifs is 14. The molecule has 358 valence electrons. The molecule has 10 fully saturated rings. The second kappa shape index (κ2) is 14.4. The maximum absolute atomic E-state index is 2.97. The molecule has 2 heterocycles. The Morgan fingerprint density at radius 1 is 0.438 bits per heavy atom. The van der Waals surface area contributed by atoms with Gasteiger partial charge in [-0.05, 0) is 213 Å². The Balaban J connectivity index is 1.01. The molecule has 8 aliphatic carbocycles. The predicted molar refractivity (Wildman–Crippen MR) is 280 cm³/mol. The van der Waals surface area contributed by atoms with E-state index in [1.165, 1.54) is 115 Å². The van der Waals surface area contributed by atoms with E-state index in [9.17, 15) is 0 Å². The molecule has 0 radical (unpaired) electrons. The van der Waals surface area contributed by atoms with Crippen LogP contribution in [0.3, 0.4) is 0 Å². The lowest BCUT2D eigenvalue weighted by Crippen LogP contribution is -2.73. The molecule has 8 bridgehead atoms. The zero-order valence-corrected chi connectivity index (χ0v) is 46.4. The van der Waals surface area contributed by atoms with Gasteiger partial charge in [-0.3, -0.25) is 0 Å². The van der Waals surface area contributed by atoms with Crippen molar-refractivity contribution in [3.8, 4) is 0 Å². The van der Waals surface area contributed by atoms with E-state index in [0.29, 0.717) is 63.9 Å². The van der Waals surface area contributed by atoms with Crippen molar-refractivity contribution in [2.24, 2.45) is 78.8 Å². The second-order valence-electron chi connectivity index (χ2n) is 31.7. The van der Waals surface area contributed by atoms with Gasteiger partial charge in [-0.25, -0.2) is 0 Å². The molecule has 1 aromatic rings. The Morgan fingerprint density at radius 2 is 0.766 bits per heavy atom. The fourth-order valence-corrected chi connectivity index (χ4v) is 33.1. The molecule has 2 aliphatic heterocycles. The van der Waals surface area contributed by atoms with E-state index < -0.39 is 0 Å². The van der Waals surface area contributed by atoms with Crippen molar-refractivity contribution in [1.82, 2.24) is 0 Å². The predicted octanol–water partition coefficient (Wildman–Crippen LogP) is 19.2. The van der Waals surface area contributed by atoms with Gasteiger partial charge in [0.2, 0.25) is 0 Å². The van der Waals surface area contributed by atoms with Gasteiger partial charge in [0.05, 0.1) is 0 Å². The van der Waals surface area contributed by atoms with Crippen molar-refractivity contribution in [2.45, 2.75) is 271 Å². The van der Waals surface area contributed by atoms with E-state index >= 15 is 0 Å². The standard InChI is InChI=1S/C62H100P2/c1-51(2,3)57-27-17-21-43(31-57)33-61(41-57)49-45-25-19-29-59(35-45,53(7,8)9)39-55(49,13)63(61)37-47-23-15-16-24-48(47)38-64-56(14)40-60(54(10,11)12)30-20-26-46(36-60)50(56)62(64)34-44-22-18-28-58(32-44,42-62)52(4,5)6/h15-16,23-24,43-46,49-50H,17-22,25-42H2,1-14H3. The Kier molecular flexibility index (Phi) is 10.4. The first kappa shape index (κ1) is 46.5. The summed E-state index contributed by atoms with van der Waals surface area (Å²) in [5.74, 6) is 5.83. The smallest absolute Gasteiger partial charge is 0.00389 e. The highest BCUT2D eigenvalue weighted by Crippen LogP contribution is 2.92. The molecular weight excluding hydrogens is 807 g/mol. The summed E-state index contributed by atoms with van der Waals surface area (Å²) in [6.45, 7) is 38.1. The zero-order valence-electron chi connectivity index (χ0n) is 44.6. The van der Waals surface area contributed by atoms with Crippen LogP contribution in [0, 0.1) is 78.8 Å². The molecule has 64 heavy (non-hydrogen) atoms. The van der Waals surface area contributed by atoms with Gasteiger partial charge in [0.15, 0.2) is 0 Å². The molecule has 11 rings (SSSR count). The normalized spacial score (nSPS) is 50.8. The summed E-state index contributed by atoms with van der Waals surface area (Å²) in [6, 6.07) is 10.6. The van der Waals surface area contributed by atoms with Crippen molar-refractivity contribution >= 4 is 15.8 Å². The van der Waals surface area contributed by atoms with E-state index in [2.05, 4.69) is 121 Å². The lowest BCUT2D eigenvalue weighted by molar-refractivity contribution is -0.123. The molecule has 16 atom stereocenters. The van der Waals surface area contributed by atoms with Gasteiger partial charge in [0.1, 0.15) is 0 Å². The third-order valence-corrected chi connectivity index (χ3v) is 33.6. The average molecular weight is 907 g/mol. The molecular formula is C62H100P2. The summed E-state index contributed by atoms with van der Waals surface area (Å²) in [5.41, 5.74) is 7.47. The molecule has 1 aromatic carbocycles. The maximum atomic E-state index is 2.97. The van der Waals surface area contributed by atoms with Crippen molar-refractivity contribution in [3.63, 3.8) is 0 Å². The third kappa shape index (κ3) is 6.21. The van der Waals surface area contributed by atoms with Crippen LogP contribution in [-0.2, 0) is 12.3 Å². The molecule has 2 heteroatoms. The highest BCUT2D eigenvalue weighted by molar-refractivity contribution is 7.62. The summed E-state index contributed by atoms with van der Waals surface area (Å²) in [5, 5.41) is 2.26. The molecule has 2 spiro atoms. The van der Waals surface area contributed by atoms with Crippen LogP contribution in [0.15, 0.2) is 24.3 Å². The minimum Gasteiger partial charge on any atom is -0.0890 e. The van der Waals surface area contributed by atoms with Gasteiger partial charge >= 0.3 is 0 Å². The van der Waals surface area contributed by atoms with Crippen LogP contribution in [-0.4, -0.2) is 20.6 Å². The summed E-state index contributed by atoms with van der Waals surface area (Å²) in [7, 11) is -0.317. The van der Waals surface area contributed by atoms with Crippen LogP contribution in [0.2, 0.25) is 0 Å². The van der Waals surface area contributed by atoms with Crippen molar-refractivity contribution in [2.75, 3.05) is 0 Å². The monoisotopic (exact) mass is 907 g/mol. The summed E-state index contributed by atoms with van der Waals surface area (Å²) < 4.78 is 0. The summed E-state index contributed by atoms with van der Waals surface area (Å²) in [4.78, 5) is 0. The first-order valence-electron chi connectivity index (χ1n) is 28.3. The van der Waals surface area contributed by atoms with Crippen LogP contribution in [0.25, 0.3) is 0 Å². The molecule has 8 saturated carbocycles. The molecule has 0 N–H and O–H groups in total. The number of hydrogen-bond donors (Lipinski definition) is 0. The zero-order chi connectivity index (χ0) is 45.6. The number of hydrogen-bond acceptors (Lipinski definition) is 0. The first-order chi connectivity index (χ1) is 29.7. The first-order valence-corrected chi connectivity index (χ1v) is 31.4. The maximum Gasteiger partial charge on any atom is -0.00389 e. The largest absolute Gasteiger partial charge is 0.0890 e. The van der Waals surface area contributed by atoms with E-state index in [1.54, 1.807) is 38.5 Å². The van der Waals surface area contributed by atoms with Crippen molar-refractivity contribution in [3.05, 3.63) is 35.4 Å². The van der Waals surface area contributed by atoms with Gasteiger partial charge in [-0.15, -0.1) is 0 Å². The SMILES string of the molecule is CC12CC3(C(C)(C)C)CCCC(C3)C1C1(CC3CCCC(C(C)(C)C)(C3)C1)P2Cc1ccccc1CP1C2(C)CC3(C(C)(C)C)CCCC(C3)C2C12CC1CCCC(C(C)(C)C)(C1)C2.